The highest BCUT2D eigenvalue weighted by Crippen LogP contribution is 2.21. The van der Waals surface area contributed by atoms with Gasteiger partial charge in [0.05, 0.1) is 12.6 Å². The number of methoxy groups -OCH3 is 1. The summed E-state index contributed by atoms with van der Waals surface area (Å²) >= 11 is 0. The van der Waals surface area contributed by atoms with Crippen LogP contribution in [0.4, 0.5) is 0 Å². The van der Waals surface area contributed by atoms with Crippen molar-refractivity contribution in [3.8, 4) is 5.75 Å². The number of imidazole rings is 1. The van der Waals surface area contributed by atoms with E-state index in [0.717, 1.165) is 24.2 Å². The van der Waals surface area contributed by atoms with E-state index in [0.29, 0.717) is 18.5 Å². The largest absolute Gasteiger partial charge is 0.496 e. The van der Waals surface area contributed by atoms with Crippen molar-refractivity contribution in [1.82, 2.24) is 20.0 Å². The molecule has 0 saturated heterocycles. The molecule has 1 fully saturated rings. The second kappa shape index (κ2) is 7.72. The summed E-state index contributed by atoms with van der Waals surface area (Å²) in [5, 5.41) is 5.82. The fourth-order valence-electron chi connectivity index (χ4n) is 3.15. The van der Waals surface area contributed by atoms with Gasteiger partial charge >= 0.3 is 0 Å². The maximum atomic E-state index is 12.7. The zero-order valence-corrected chi connectivity index (χ0v) is 15.6. The first-order valence-electron chi connectivity index (χ1n) is 9.35. The third-order valence-corrected chi connectivity index (χ3v) is 4.75. The SMILES string of the molecule is COc1ccccc1CCNC(=O)c1nc(C(=O)NC2CC2)c2ccccn12. The van der Waals surface area contributed by atoms with E-state index >= 15 is 0 Å². The van der Waals surface area contributed by atoms with Crippen molar-refractivity contribution >= 4 is 17.3 Å². The molecule has 2 amide bonds. The molecule has 0 bridgehead atoms. The Labute approximate surface area is 162 Å². The van der Waals surface area contributed by atoms with E-state index in [2.05, 4.69) is 15.6 Å². The Morgan fingerprint density at radius 2 is 1.93 bits per heavy atom. The van der Waals surface area contributed by atoms with Crippen molar-refractivity contribution in [2.24, 2.45) is 0 Å². The lowest BCUT2D eigenvalue weighted by atomic mass is 10.1. The number of benzene rings is 1. The van der Waals surface area contributed by atoms with Gasteiger partial charge in [0.1, 0.15) is 5.75 Å². The Morgan fingerprint density at radius 3 is 2.71 bits per heavy atom. The first-order valence-corrected chi connectivity index (χ1v) is 9.35. The van der Waals surface area contributed by atoms with Crippen molar-refractivity contribution in [2.45, 2.75) is 25.3 Å². The number of para-hydroxylation sites is 1. The molecule has 28 heavy (non-hydrogen) atoms. The minimum atomic E-state index is -0.318. The molecule has 1 aliphatic carbocycles. The van der Waals surface area contributed by atoms with Crippen LogP contribution in [-0.2, 0) is 6.42 Å². The highest BCUT2D eigenvalue weighted by atomic mass is 16.5. The smallest absolute Gasteiger partial charge is 0.287 e. The summed E-state index contributed by atoms with van der Waals surface area (Å²) in [5.41, 5.74) is 1.92. The van der Waals surface area contributed by atoms with Gasteiger partial charge in [-0.15, -0.1) is 0 Å². The molecule has 0 spiro atoms. The van der Waals surface area contributed by atoms with E-state index in [9.17, 15) is 9.59 Å². The number of carbonyl (C=O) groups is 2. The highest BCUT2D eigenvalue weighted by molar-refractivity contribution is 6.02. The summed E-state index contributed by atoms with van der Waals surface area (Å²) in [6.07, 6.45) is 4.36. The van der Waals surface area contributed by atoms with Crippen molar-refractivity contribution in [3.05, 3.63) is 65.7 Å². The van der Waals surface area contributed by atoms with Crippen molar-refractivity contribution in [3.63, 3.8) is 0 Å². The molecular formula is C21H22N4O3. The van der Waals surface area contributed by atoms with Crippen molar-refractivity contribution in [2.75, 3.05) is 13.7 Å². The number of carbonyl (C=O) groups excluding carboxylic acids is 2. The molecule has 0 aliphatic heterocycles. The van der Waals surface area contributed by atoms with Gasteiger partial charge in [0.25, 0.3) is 11.8 Å². The summed E-state index contributed by atoms with van der Waals surface area (Å²) in [4.78, 5) is 29.5. The molecular weight excluding hydrogens is 356 g/mol. The molecule has 144 valence electrons. The molecule has 0 unspecified atom stereocenters. The van der Waals surface area contributed by atoms with Gasteiger partial charge in [-0.25, -0.2) is 4.98 Å². The highest BCUT2D eigenvalue weighted by Gasteiger charge is 2.27. The van der Waals surface area contributed by atoms with Crippen LogP contribution in [0.1, 0.15) is 39.5 Å². The molecule has 1 aromatic carbocycles. The number of fused-ring (bicyclic) bond motifs is 1. The molecule has 4 rings (SSSR count). The average molecular weight is 378 g/mol. The van der Waals surface area contributed by atoms with Crippen molar-refractivity contribution in [1.29, 1.82) is 0 Å². The fourth-order valence-corrected chi connectivity index (χ4v) is 3.15. The third-order valence-electron chi connectivity index (χ3n) is 4.75. The lowest BCUT2D eigenvalue weighted by Crippen LogP contribution is -2.28. The number of ether oxygens (including phenoxy) is 1. The van der Waals surface area contributed by atoms with Crippen LogP contribution in [0.5, 0.6) is 5.75 Å². The van der Waals surface area contributed by atoms with Crippen molar-refractivity contribution < 1.29 is 14.3 Å². The van der Waals surface area contributed by atoms with Crippen LogP contribution in [0.2, 0.25) is 0 Å². The Balaban J connectivity index is 1.50. The van der Waals surface area contributed by atoms with E-state index < -0.39 is 0 Å². The maximum Gasteiger partial charge on any atom is 0.287 e. The molecule has 7 heteroatoms. The molecule has 2 heterocycles. The molecule has 2 aromatic heterocycles. The number of amides is 2. The molecule has 0 atom stereocenters. The van der Waals surface area contributed by atoms with Gasteiger partial charge in [0.15, 0.2) is 5.69 Å². The van der Waals surface area contributed by atoms with E-state index in [1.807, 2.05) is 36.4 Å². The molecule has 2 N–H and O–H groups in total. The second-order valence-corrected chi connectivity index (χ2v) is 6.81. The summed E-state index contributed by atoms with van der Waals surface area (Å²) in [7, 11) is 1.63. The number of nitrogens with one attached hydrogen (secondary N) is 2. The molecule has 0 radical (unpaired) electrons. The van der Waals surface area contributed by atoms with E-state index in [4.69, 9.17) is 4.74 Å². The minimum Gasteiger partial charge on any atom is -0.496 e. The maximum absolute atomic E-state index is 12.7. The zero-order valence-electron chi connectivity index (χ0n) is 15.6. The number of pyridine rings is 1. The van der Waals surface area contributed by atoms with E-state index in [-0.39, 0.29) is 29.4 Å². The number of hydrogen-bond acceptors (Lipinski definition) is 4. The topological polar surface area (TPSA) is 84.7 Å². The van der Waals surface area contributed by atoms with E-state index in [1.54, 1.807) is 23.8 Å². The number of hydrogen-bond donors (Lipinski definition) is 2. The molecule has 1 aliphatic rings. The summed E-state index contributed by atoms with van der Waals surface area (Å²) in [6, 6.07) is 13.4. The van der Waals surface area contributed by atoms with Crippen LogP contribution in [0.15, 0.2) is 48.7 Å². The number of aromatic nitrogens is 2. The Morgan fingerprint density at radius 1 is 1.14 bits per heavy atom. The Hall–Kier alpha value is -3.35. The summed E-state index contributed by atoms with van der Waals surface area (Å²) in [5.74, 6) is 0.444. The third kappa shape index (κ3) is 3.69. The van der Waals surface area contributed by atoms with Gasteiger partial charge in [0.2, 0.25) is 5.82 Å². The van der Waals surface area contributed by atoms with Gasteiger partial charge in [0, 0.05) is 18.8 Å². The van der Waals surface area contributed by atoms with Crippen LogP contribution in [0.25, 0.3) is 5.52 Å². The van der Waals surface area contributed by atoms with Crippen LogP contribution >= 0.6 is 0 Å². The minimum absolute atomic E-state index is 0.205. The zero-order chi connectivity index (χ0) is 19.5. The first kappa shape index (κ1) is 18.0. The summed E-state index contributed by atoms with van der Waals surface area (Å²) in [6.45, 7) is 0.435. The normalized spacial score (nSPS) is 13.3. The molecule has 7 nitrogen and oxygen atoms in total. The first-order chi connectivity index (χ1) is 13.7. The van der Waals surface area contributed by atoms with Crippen LogP contribution < -0.4 is 15.4 Å². The number of nitrogens with zero attached hydrogens (tertiary/aromatic N) is 2. The number of rotatable bonds is 7. The second-order valence-electron chi connectivity index (χ2n) is 6.81. The summed E-state index contributed by atoms with van der Waals surface area (Å²) < 4.78 is 6.99. The molecule has 1 saturated carbocycles. The molecule has 3 aromatic rings. The van der Waals surface area contributed by atoms with Gasteiger partial charge < -0.3 is 15.4 Å². The Kier molecular flexibility index (Phi) is 4.97. The van der Waals surface area contributed by atoms with Crippen LogP contribution in [0.3, 0.4) is 0 Å². The lowest BCUT2D eigenvalue weighted by molar-refractivity contribution is 0.0943. The van der Waals surface area contributed by atoms with Gasteiger partial charge in [-0.05, 0) is 43.0 Å². The van der Waals surface area contributed by atoms with Gasteiger partial charge in [-0.1, -0.05) is 24.3 Å². The van der Waals surface area contributed by atoms with Crippen LogP contribution in [-0.4, -0.2) is 40.9 Å². The predicted octanol–water partition coefficient (Wildman–Crippen LogP) is 2.21. The van der Waals surface area contributed by atoms with Crippen LogP contribution in [0, 0.1) is 0 Å². The average Bonchev–Trinajstić information content (AvgIpc) is 3.44. The standard InChI is InChI=1S/C21H22N4O3/c1-28-17-8-3-2-6-14(17)11-12-22-21(27)19-24-18(20(26)23-15-9-10-15)16-7-4-5-13-25(16)19/h2-8,13,15H,9-12H2,1H3,(H,22,27)(H,23,26). The van der Waals surface area contributed by atoms with E-state index in [1.165, 1.54) is 0 Å². The quantitative estimate of drug-likeness (QED) is 0.660. The lowest BCUT2D eigenvalue weighted by Gasteiger charge is -2.08. The fraction of sp³-hybridized carbons (Fsp3) is 0.286. The van der Waals surface area contributed by atoms with Gasteiger partial charge in [-0.3, -0.25) is 14.0 Å². The predicted molar refractivity (Wildman–Crippen MR) is 105 cm³/mol. The van der Waals surface area contributed by atoms with Gasteiger partial charge in [-0.2, -0.15) is 0 Å². The Bertz CT molecular complexity index is 1020. The monoisotopic (exact) mass is 378 g/mol.